The summed E-state index contributed by atoms with van der Waals surface area (Å²) < 4.78 is 6.50. The van der Waals surface area contributed by atoms with Crippen molar-refractivity contribution < 1.29 is 9.53 Å². The average Bonchev–Trinajstić information content (AvgIpc) is 2.63. The summed E-state index contributed by atoms with van der Waals surface area (Å²) >= 11 is 6.01. The van der Waals surface area contributed by atoms with E-state index in [9.17, 15) is 4.79 Å². The molecule has 106 valence electrons. The highest BCUT2D eigenvalue weighted by Gasteiger charge is 2.18. The van der Waals surface area contributed by atoms with E-state index in [4.69, 9.17) is 22.1 Å². The van der Waals surface area contributed by atoms with Gasteiger partial charge in [0.15, 0.2) is 0 Å². The van der Waals surface area contributed by atoms with Gasteiger partial charge in [0.1, 0.15) is 11.4 Å². The molecule has 0 spiro atoms. The normalized spacial score (nSPS) is 10.4. The summed E-state index contributed by atoms with van der Waals surface area (Å²) in [6, 6.07) is 4.98. The van der Waals surface area contributed by atoms with Crippen LogP contribution in [0.1, 0.15) is 16.2 Å². The summed E-state index contributed by atoms with van der Waals surface area (Å²) in [5.74, 6) is 0.201. The van der Waals surface area contributed by atoms with Gasteiger partial charge in [0, 0.05) is 12.7 Å². The summed E-state index contributed by atoms with van der Waals surface area (Å²) in [5, 5.41) is 7.24. The number of aryl methyl sites for hydroxylation is 2. The molecule has 1 aromatic carbocycles. The number of nitrogens with zero attached hydrogens (tertiary/aromatic N) is 2. The van der Waals surface area contributed by atoms with Crippen molar-refractivity contribution in [3.05, 3.63) is 34.6 Å². The highest BCUT2D eigenvalue weighted by Crippen LogP contribution is 2.27. The molecule has 0 aliphatic heterocycles. The second-order valence-corrected chi connectivity index (χ2v) is 4.68. The lowest BCUT2D eigenvalue weighted by molar-refractivity contribution is 0.101. The maximum atomic E-state index is 12.2. The van der Waals surface area contributed by atoms with E-state index in [1.807, 2.05) is 0 Å². The van der Waals surface area contributed by atoms with Crippen LogP contribution in [0.5, 0.6) is 5.75 Å². The number of nitrogens with one attached hydrogen (secondary N) is 1. The quantitative estimate of drug-likeness (QED) is 0.909. The van der Waals surface area contributed by atoms with Crippen LogP contribution in [-0.4, -0.2) is 22.8 Å². The van der Waals surface area contributed by atoms with Crippen molar-refractivity contribution in [2.75, 3.05) is 18.2 Å². The van der Waals surface area contributed by atoms with E-state index in [-0.39, 0.29) is 5.91 Å². The van der Waals surface area contributed by atoms with Gasteiger partial charge in [0.05, 0.1) is 23.5 Å². The molecule has 0 fully saturated rings. The number of ether oxygens (including phenoxy) is 1. The van der Waals surface area contributed by atoms with Crippen LogP contribution in [0.4, 0.5) is 11.4 Å². The lowest BCUT2D eigenvalue weighted by atomic mass is 10.2. The van der Waals surface area contributed by atoms with E-state index in [1.54, 1.807) is 32.2 Å². The Morgan fingerprint density at radius 3 is 2.70 bits per heavy atom. The number of benzene rings is 1. The van der Waals surface area contributed by atoms with Gasteiger partial charge in [-0.2, -0.15) is 5.10 Å². The van der Waals surface area contributed by atoms with E-state index >= 15 is 0 Å². The van der Waals surface area contributed by atoms with Crippen LogP contribution < -0.4 is 15.8 Å². The first-order valence-electron chi connectivity index (χ1n) is 5.88. The van der Waals surface area contributed by atoms with Gasteiger partial charge in [0.25, 0.3) is 5.91 Å². The Hall–Kier alpha value is -2.21. The molecule has 2 aromatic rings. The monoisotopic (exact) mass is 294 g/mol. The number of halogens is 1. The molecule has 0 atom stereocenters. The Kier molecular flexibility index (Phi) is 3.85. The Morgan fingerprint density at radius 1 is 1.50 bits per heavy atom. The standard InChI is InChI=1S/C13H15ClN4O2/c1-7-11(15)12(18(2)17-7)13(19)16-8-4-5-10(20-3)9(14)6-8/h4-6H,15H2,1-3H3,(H,16,19). The van der Waals surface area contributed by atoms with E-state index in [0.29, 0.717) is 33.5 Å². The Bertz CT molecular complexity index is 667. The number of methoxy groups -OCH3 is 1. The molecule has 0 aliphatic rings. The molecule has 0 unspecified atom stereocenters. The molecular formula is C13H15ClN4O2. The highest BCUT2D eigenvalue weighted by molar-refractivity contribution is 6.32. The number of rotatable bonds is 3. The van der Waals surface area contributed by atoms with Crippen molar-refractivity contribution in [1.82, 2.24) is 9.78 Å². The molecule has 0 saturated carbocycles. The van der Waals surface area contributed by atoms with E-state index in [2.05, 4.69) is 10.4 Å². The van der Waals surface area contributed by atoms with E-state index in [1.165, 1.54) is 11.8 Å². The summed E-state index contributed by atoms with van der Waals surface area (Å²) in [6.07, 6.45) is 0. The highest BCUT2D eigenvalue weighted by atomic mass is 35.5. The molecule has 0 radical (unpaired) electrons. The molecule has 3 N–H and O–H groups in total. The number of carbonyl (C=O) groups excluding carboxylic acids is 1. The zero-order valence-corrected chi connectivity index (χ0v) is 12.2. The first kappa shape index (κ1) is 14.2. The van der Waals surface area contributed by atoms with Crippen molar-refractivity contribution in [3.63, 3.8) is 0 Å². The Balaban J connectivity index is 2.26. The minimum absolute atomic E-state index is 0.314. The van der Waals surface area contributed by atoms with Gasteiger partial charge in [0.2, 0.25) is 0 Å². The minimum Gasteiger partial charge on any atom is -0.495 e. The van der Waals surface area contributed by atoms with Gasteiger partial charge in [-0.3, -0.25) is 9.48 Å². The van der Waals surface area contributed by atoms with Crippen molar-refractivity contribution in [2.24, 2.45) is 7.05 Å². The van der Waals surface area contributed by atoms with Crippen molar-refractivity contribution in [3.8, 4) is 5.75 Å². The van der Waals surface area contributed by atoms with Crippen LogP contribution in [0.25, 0.3) is 0 Å². The van der Waals surface area contributed by atoms with Crippen molar-refractivity contribution >= 4 is 28.9 Å². The van der Waals surface area contributed by atoms with Gasteiger partial charge in [-0.05, 0) is 25.1 Å². The molecule has 0 saturated heterocycles. The zero-order chi connectivity index (χ0) is 14.9. The van der Waals surface area contributed by atoms with Crippen molar-refractivity contribution in [2.45, 2.75) is 6.92 Å². The molecule has 6 nitrogen and oxygen atoms in total. The topological polar surface area (TPSA) is 82.2 Å². The number of nitrogen functional groups attached to an aromatic ring is 1. The molecule has 1 heterocycles. The maximum Gasteiger partial charge on any atom is 0.276 e. The number of anilines is 2. The number of hydrogen-bond acceptors (Lipinski definition) is 4. The smallest absolute Gasteiger partial charge is 0.276 e. The molecular weight excluding hydrogens is 280 g/mol. The lowest BCUT2D eigenvalue weighted by Gasteiger charge is -2.08. The van der Waals surface area contributed by atoms with Gasteiger partial charge in [-0.1, -0.05) is 11.6 Å². The van der Waals surface area contributed by atoms with E-state index in [0.717, 1.165) is 0 Å². The van der Waals surface area contributed by atoms with Crippen LogP contribution in [0.3, 0.4) is 0 Å². The second-order valence-electron chi connectivity index (χ2n) is 4.27. The Morgan fingerprint density at radius 2 is 2.20 bits per heavy atom. The molecule has 20 heavy (non-hydrogen) atoms. The average molecular weight is 295 g/mol. The van der Waals surface area contributed by atoms with Crippen LogP contribution in [0, 0.1) is 6.92 Å². The molecule has 0 bridgehead atoms. The SMILES string of the molecule is COc1ccc(NC(=O)c2c(N)c(C)nn2C)cc1Cl. The summed E-state index contributed by atoms with van der Waals surface area (Å²) in [4.78, 5) is 12.2. The fourth-order valence-corrected chi connectivity index (χ4v) is 2.14. The van der Waals surface area contributed by atoms with Gasteiger partial charge in [-0.25, -0.2) is 0 Å². The molecule has 0 aliphatic carbocycles. The van der Waals surface area contributed by atoms with Crippen LogP contribution >= 0.6 is 11.6 Å². The van der Waals surface area contributed by atoms with Gasteiger partial charge < -0.3 is 15.8 Å². The largest absolute Gasteiger partial charge is 0.495 e. The summed E-state index contributed by atoms with van der Waals surface area (Å²) in [7, 11) is 3.19. The third kappa shape index (κ3) is 2.55. The number of amides is 1. The molecule has 2 rings (SSSR count). The van der Waals surface area contributed by atoms with Crippen LogP contribution in [-0.2, 0) is 7.05 Å². The fourth-order valence-electron chi connectivity index (χ4n) is 1.88. The van der Waals surface area contributed by atoms with Crippen LogP contribution in [0.15, 0.2) is 18.2 Å². The molecule has 1 amide bonds. The lowest BCUT2D eigenvalue weighted by Crippen LogP contribution is -2.17. The maximum absolute atomic E-state index is 12.2. The van der Waals surface area contributed by atoms with Crippen molar-refractivity contribution in [1.29, 1.82) is 0 Å². The summed E-state index contributed by atoms with van der Waals surface area (Å²) in [6.45, 7) is 1.75. The first-order valence-corrected chi connectivity index (χ1v) is 6.25. The molecule has 1 aromatic heterocycles. The number of nitrogens with two attached hydrogens (primary N) is 1. The minimum atomic E-state index is -0.341. The van der Waals surface area contributed by atoms with Gasteiger partial charge >= 0.3 is 0 Å². The number of carbonyl (C=O) groups is 1. The number of aromatic nitrogens is 2. The predicted molar refractivity (Wildman–Crippen MR) is 78.3 cm³/mol. The van der Waals surface area contributed by atoms with E-state index < -0.39 is 0 Å². The predicted octanol–water partition coefficient (Wildman–Crippen LogP) is 2.23. The van der Waals surface area contributed by atoms with Crippen LogP contribution in [0.2, 0.25) is 5.02 Å². The first-order chi connectivity index (χ1) is 9.43. The zero-order valence-electron chi connectivity index (χ0n) is 11.4. The molecule has 7 heteroatoms. The third-order valence-electron chi connectivity index (χ3n) is 2.89. The fraction of sp³-hybridized carbons (Fsp3) is 0.231. The third-order valence-corrected chi connectivity index (χ3v) is 3.19. The summed E-state index contributed by atoms with van der Waals surface area (Å²) in [5.41, 5.74) is 7.69. The second kappa shape index (κ2) is 5.42. The van der Waals surface area contributed by atoms with Gasteiger partial charge in [-0.15, -0.1) is 0 Å². The Labute approximate surface area is 121 Å². The number of hydrogen-bond donors (Lipinski definition) is 2.